The van der Waals surface area contributed by atoms with E-state index in [4.69, 9.17) is 0 Å². The number of para-hydroxylation sites is 2. The van der Waals surface area contributed by atoms with Gasteiger partial charge in [-0.25, -0.2) is 0 Å². The summed E-state index contributed by atoms with van der Waals surface area (Å²) in [4.78, 5) is 2.45. The van der Waals surface area contributed by atoms with Crippen LogP contribution < -0.4 is 4.90 Å². The van der Waals surface area contributed by atoms with Crippen molar-refractivity contribution in [1.29, 1.82) is 0 Å². The second-order valence-electron chi connectivity index (χ2n) is 10.6. The molecule has 41 heavy (non-hydrogen) atoms. The molecule has 8 rings (SSSR count). The standard InChI is InChI=1S/C39H28N2/c1-40-36-23-13-12-18-30(36)35-26-29(24-25-37(35)40)41(28-16-6-3-7-17-28)39-33-21-10-8-19-31(33)38(27-14-4-2-5-15-27)32-20-9-11-22-34(32)39/h2-26H,1H3. The smallest absolute Gasteiger partial charge is 0.0618 e. The van der Waals surface area contributed by atoms with E-state index in [1.165, 1.54) is 60.2 Å². The van der Waals surface area contributed by atoms with Crippen molar-refractivity contribution in [3.63, 3.8) is 0 Å². The molecule has 0 fully saturated rings. The molecule has 0 aliphatic heterocycles. The number of aryl methyl sites for hydroxylation is 1. The van der Waals surface area contributed by atoms with Gasteiger partial charge in [-0.15, -0.1) is 0 Å². The van der Waals surface area contributed by atoms with E-state index in [9.17, 15) is 0 Å². The van der Waals surface area contributed by atoms with E-state index in [0.29, 0.717) is 0 Å². The molecule has 0 aliphatic rings. The predicted molar refractivity (Wildman–Crippen MR) is 176 cm³/mol. The Morgan fingerprint density at radius 3 is 1.59 bits per heavy atom. The van der Waals surface area contributed by atoms with Gasteiger partial charge in [0, 0.05) is 51.0 Å². The second-order valence-corrected chi connectivity index (χ2v) is 10.6. The molecule has 1 heterocycles. The van der Waals surface area contributed by atoms with Gasteiger partial charge >= 0.3 is 0 Å². The molecule has 0 aliphatic carbocycles. The molecule has 0 N–H and O–H groups in total. The Labute approximate surface area is 239 Å². The lowest BCUT2D eigenvalue weighted by atomic mass is 9.90. The summed E-state index contributed by atoms with van der Waals surface area (Å²) in [5.74, 6) is 0. The van der Waals surface area contributed by atoms with E-state index >= 15 is 0 Å². The fourth-order valence-corrected chi connectivity index (χ4v) is 6.54. The van der Waals surface area contributed by atoms with E-state index < -0.39 is 0 Å². The van der Waals surface area contributed by atoms with Crippen molar-refractivity contribution >= 4 is 60.4 Å². The summed E-state index contributed by atoms with van der Waals surface area (Å²) in [7, 11) is 2.16. The van der Waals surface area contributed by atoms with E-state index in [2.05, 4.69) is 168 Å². The van der Waals surface area contributed by atoms with Gasteiger partial charge in [0.2, 0.25) is 0 Å². The lowest BCUT2D eigenvalue weighted by molar-refractivity contribution is 1.01. The Morgan fingerprint density at radius 2 is 0.927 bits per heavy atom. The Hall–Kier alpha value is -5.34. The summed E-state index contributed by atoms with van der Waals surface area (Å²) < 4.78 is 2.29. The van der Waals surface area contributed by atoms with Crippen LogP contribution in [-0.4, -0.2) is 4.57 Å². The lowest BCUT2D eigenvalue weighted by Gasteiger charge is -2.29. The third-order valence-corrected chi connectivity index (χ3v) is 8.36. The molecule has 1 aromatic heterocycles. The van der Waals surface area contributed by atoms with Gasteiger partial charge in [0.25, 0.3) is 0 Å². The third kappa shape index (κ3) is 3.65. The molecule has 0 saturated carbocycles. The molecule has 194 valence electrons. The minimum Gasteiger partial charge on any atom is -0.344 e. The number of aromatic nitrogens is 1. The maximum absolute atomic E-state index is 2.45. The molecule has 2 nitrogen and oxygen atoms in total. The van der Waals surface area contributed by atoms with Crippen molar-refractivity contribution in [2.45, 2.75) is 0 Å². The summed E-state index contributed by atoms with van der Waals surface area (Å²) in [5, 5.41) is 7.49. The molecular formula is C39H28N2. The fourth-order valence-electron chi connectivity index (χ4n) is 6.54. The van der Waals surface area contributed by atoms with Crippen molar-refractivity contribution in [2.24, 2.45) is 7.05 Å². The topological polar surface area (TPSA) is 8.17 Å². The Balaban J connectivity index is 1.50. The van der Waals surface area contributed by atoms with Crippen molar-refractivity contribution < 1.29 is 0 Å². The molecule has 8 aromatic rings. The molecule has 7 aromatic carbocycles. The van der Waals surface area contributed by atoms with Crippen LogP contribution in [0.15, 0.2) is 152 Å². The number of hydrogen-bond acceptors (Lipinski definition) is 1. The van der Waals surface area contributed by atoms with Crippen molar-refractivity contribution in [3.05, 3.63) is 152 Å². The normalized spacial score (nSPS) is 11.5. The van der Waals surface area contributed by atoms with Crippen molar-refractivity contribution in [1.82, 2.24) is 4.57 Å². The fraction of sp³-hybridized carbons (Fsp3) is 0.0256. The van der Waals surface area contributed by atoms with Crippen molar-refractivity contribution in [2.75, 3.05) is 4.90 Å². The van der Waals surface area contributed by atoms with Gasteiger partial charge in [0.15, 0.2) is 0 Å². The highest BCUT2D eigenvalue weighted by molar-refractivity contribution is 6.22. The molecule has 0 radical (unpaired) electrons. The maximum Gasteiger partial charge on any atom is 0.0618 e. The molecule has 2 heteroatoms. The van der Waals surface area contributed by atoms with Crippen LogP contribution >= 0.6 is 0 Å². The molecule has 0 saturated heterocycles. The van der Waals surface area contributed by atoms with E-state index in [1.807, 2.05) is 0 Å². The second kappa shape index (κ2) is 9.39. The highest BCUT2D eigenvalue weighted by atomic mass is 15.1. The Morgan fingerprint density at radius 1 is 0.415 bits per heavy atom. The number of nitrogens with zero attached hydrogens (tertiary/aromatic N) is 2. The number of fused-ring (bicyclic) bond motifs is 5. The van der Waals surface area contributed by atoms with Gasteiger partial charge in [-0.3, -0.25) is 0 Å². The van der Waals surface area contributed by atoms with E-state index in [1.54, 1.807) is 0 Å². The van der Waals surface area contributed by atoms with Gasteiger partial charge in [-0.1, -0.05) is 115 Å². The van der Waals surface area contributed by atoms with E-state index in [0.717, 1.165) is 11.4 Å². The number of rotatable bonds is 4. The first-order valence-corrected chi connectivity index (χ1v) is 14.1. The first-order valence-electron chi connectivity index (χ1n) is 14.1. The summed E-state index contributed by atoms with van der Waals surface area (Å²) in [6.45, 7) is 0. The predicted octanol–water partition coefficient (Wildman–Crippen LogP) is 10.8. The van der Waals surface area contributed by atoms with Gasteiger partial charge in [-0.2, -0.15) is 0 Å². The zero-order valence-corrected chi connectivity index (χ0v) is 22.8. The first-order chi connectivity index (χ1) is 20.3. The highest BCUT2D eigenvalue weighted by Gasteiger charge is 2.22. The minimum atomic E-state index is 1.13. The molecule has 0 amide bonds. The SMILES string of the molecule is Cn1c2ccccc2c2cc(N(c3ccccc3)c3c4ccccc4c(-c4ccccc4)c4ccccc34)ccc21. The molecule has 0 bridgehead atoms. The van der Waals surface area contributed by atoms with Crippen LogP contribution in [0, 0.1) is 0 Å². The van der Waals surface area contributed by atoms with Crippen LogP contribution in [-0.2, 0) is 7.05 Å². The average Bonchev–Trinajstić information content (AvgIpc) is 3.33. The number of benzene rings is 7. The van der Waals surface area contributed by atoms with Crippen molar-refractivity contribution in [3.8, 4) is 11.1 Å². The summed E-state index contributed by atoms with van der Waals surface area (Å²) >= 11 is 0. The Kier molecular flexibility index (Phi) is 5.39. The maximum atomic E-state index is 2.45. The van der Waals surface area contributed by atoms with Crippen LogP contribution in [0.1, 0.15) is 0 Å². The summed E-state index contributed by atoms with van der Waals surface area (Å²) in [6.07, 6.45) is 0. The number of hydrogen-bond donors (Lipinski definition) is 0. The van der Waals surface area contributed by atoms with Gasteiger partial charge in [0.1, 0.15) is 0 Å². The van der Waals surface area contributed by atoms with Crippen LogP contribution in [0.4, 0.5) is 17.1 Å². The van der Waals surface area contributed by atoms with Gasteiger partial charge < -0.3 is 9.47 Å². The van der Waals surface area contributed by atoms with Crippen LogP contribution in [0.5, 0.6) is 0 Å². The largest absolute Gasteiger partial charge is 0.344 e. The van der Waals surface area contributed by atoms with Crippen LogP contribution in [0.3, 0.4) is 0 Å². The average molecular weight is 525 g/mol. The highest BCUT2D eigenvalue weighted by Crippen LogP contribution is 2.48. The van der Waals surface area contributed by atoms with E-state index in [-0.39, 0.29) is 0 Å². The van der Waals surface area contributed by atoms with Gasteiger partial charge in [-0.05, 0) is 58.3 Å². The van der Waals surface area contributed by atoms with Crippen LogP contribution in [0.2, 0.25) is 0 Å². The first kappa shape index (κ1) is 23.5. The zero-order valence-electron chi connectivity index (χ0n) is 22.8. The van der Waals surface area contributed by atoms with Crippen LogP contribution in [0.25, 0.3) is 54.5 Å². The molecule has 0 unspecified atom stereocenters. The molecule has 0 spiro atoms. The Bertz CT molecular complexity index is 2150. The molecular weight excluding hydrogens is 496 g/mol. The number of anilines is 3. The van der Waals surface area contributed by atoms with Gasteiger partial charge in [0.05, 0.1) is 5.69 Å². The zero-order chi connectivity index (χ0) is 27.3. The summed E-state index contributed by atoms with van der Waals surface area (Å²) in [6, 6.07) is 54.8. The third-order valence-electron chi connectivity index (χ3n) is 8.36. The minimum absolute atomic E-state index is 1.13. The lowest BCUT2D eigenvalue weighted by Crippen LogP contribution is -2.11. The monoisotopic (exact) mass is 524 g/mol. The molecule has 0 atom stereocenters. The quantitative estimate of drug-likeness (QED) is 0.208. The summed E-state index contributed by atoms with van der Waals surface area (Å²) in [5.41, 5.74) is 8.46.